The second-order valence-corrected chi connectivity index (χ2v) is 3.67. The number of hydrogen-bond donors (Lipinski definition) is 1. The summed E-state index contributed by atoms with van der Waals surface area (Å²) in [7, 11) is 1.57. The minimum absolute atomic E-state index is 0.216. The molecule has 0 spiro atoms. The summed E-state index contributed by atoms with van der Waals surface area (Å²) in [6.45, 7) is 0. The SMILES string of the molecule is Cn1c(-c2ccccc2)ccc(C(=O)O)c1=O. The third-order valence-electron chi connectivity index (χ3n) is 2.60. The average molecular weight is 229 g/mol. The lowest BCUT2D eigenvalue weighted by atomic mass is 10.1. The molecule has 1 N–H and O–H groups in total. The molecule has 4 heteroatoms. The predicted octanol–water partition coefficient (Wildman–Crippen LogP) is 1.75. The first-order valence-electron chi connectivity index (χ1n) is 5.10. The van der Waals surface area contributed by atoms with E-state index in [4.69, 9.17) is 5.11 Å². The number of carboxylic acid groups (broad SMARTS) is 1. The Hall–Kier alpha value is -2.36. The van der Waals surface area contributed by atoms with E-state index in [0.717, 1.165) is 5.56 Å². The van der Waals surface area contributed by atoms with E-state index >= 15 is 0 Å². The van der Waals surface area contributed by atoms with Gasteiger partial charge in [-0.25, -0.2) is 4.79 Å². The second kappa shape index (κ2) is 4.25. The van der Waals surface area contributed by atoms with Crippen LogP contribution in [0.2, 0.25) is 0 Å². The highest BCUT2D eigenvalue weighted by atomic mass is 16.4. The first-order chi connectivity index (χ1) is 8.11. The van der Waals surface area contributed by atoms with Gasteiger partial charge in [0.25, 0.3) is 5.56 Å². The summed E-state index contributed by atoms with van der Waals surface area (Å²) in [6.07, 6.45) is 0. The molecule has 1 aromatic carbocycles. The van der Waals surface area contributed by atoms with E-state index in [1.54, 1.807) is 13.1 Å². The molecule has 0 aliphatic heterocycles. The van der Waals surface area contributed by atoms with Crippen molar-refractivity contribution >= 4 is 5.97 Å². The van der Waals surface area contributed by atoms with Crippen molar-refractivity contribution in [3.63, 3.8) is 0 Å². The van der Waals surface area contributed by atoms with Gasteiger partial charge in [0.2, 0.25) is 0 Å². The van der Waals surface area contributed by atoms with Crippen LogP contribution in [-0.4, -0.2) is 15.6 Å². The summed E-state index contributed by atoms with van der Waals surface area (Å²) >= 11 is 0. The molecule has 0 radical (unpaired) electrons. The van der Waals surface area contributed by atoms with Gasteiger partial charge in [0.05, 0.1) is 5.69 Å². The number of pyridine rings is 1. The average Bonchev–Trinajstić information content (AvgIpc) is 2.33. The fourth-order valence-corrected chi connectivity index (χ4v) is 1.70. The summed E-state index contributed by atoms with van der Waals surface area (Å²) in [5.41, 5.74) is 0.857. The summed E-state index contributed by atoms with van der Waals surface area (Å²) in [5, 5.41) is 8.84. The molecule has 1 aromatic heterocycles. The highest BCUT2D eigenvalue weighted by molar-refractivity contribution is 5.87. The van der Waals surface area contributed by atoms with E-state index in [1.165, 1.54) is 10.6 Å². The Balaban J connectivity index is 2.64. The van der Waals surface area contributed by atoms with Gasteiger partial charge in [0, 0.05) is 7.05 Å². The Morgan fingerprint density at radius 1 is 1.12 bits per heavy atom. The van der Waals surface area contributed by atoms with E-state index in [9.17, 15) is 9.59 Å². The summed E-state index contributed by atoms with van der Waals surface area (Å²) < 4.78 is 1.35. The van der Waals surface area contributed by atoms with Crippen LogP contribution >= 0.6 is 0 Å². The van der Waals surface area contributed by atoms with Crippen LogP contribution in [0.15, 0.2) is 47.3 Å². The Morgan fingerprint density at radius 3 is 2.35 bits per heavy atom. The lowest BCUT2D eigenvalue weighted by Crippen LogP contribution is -2.25. The highest BCUT2D eigenvalue weighted by Gasteiger charge is 2.12. The molecule has 0 atom stereocenters. The maximum Gasteiger partial charge on any atom is 0.341 e. The van der Waals surface area contributed by atoms with Crippen LogP contribution in [0.4, 0.5) is 0 Å². The molecule has 0 saturated carbocycles. The molecule has 0 fully saturated rings. The third kappa shape index (κ3) is 1.97. The van der Waals surface area contributed by atoms with Crippen molar-refractivity contribution in [3.05, 3.63) is 58.4 Å². The molecule has 86 valence electrons. The van der Waals surface area contributed by atoms with Crippen LogP contribution in [0.25, 0.3) is 11.3 Å². The first-order valence-corrected chi connectivity index (χ1v) is 5.10. The Labute approximate surface area is 97.8 Å². The van der Waals surface area contributed by atoms with Crippen LogP contribution in [0, 0.1) is 0 Å². The van der Waals surface area contributed by atoms with Gasteiger partial charge in [-0.15, -0.1) is 0 Å². The molecule has 1 heterocycles. The smallest absolute Gasteiger partial charge is 0.341 e. The lowest BCUT2D eigenvalue weighted by Gasteiger charge is -2.08. The third-order valence-corrected chi connectivity index (χ3v) is 2.60. The van der Waals surface area contributed by atoms with E-state index < -0.39 is 11.5 Å². The zero-order valence-corrected chi connectivity index (χ0v) is 9.25. The molecule has 2 rings (SSSR count). The van der Waals surface area contributed by atoms with Gasteiger partial charge in [-0.1, -0.05) is 30.3 Å². The van der Waals surface area contributed by atoms with E-state index in [0.29, 0.717) is 5.69 Å². The van der Waals surface area contributed by atoms with Crippen LogP contribution in [0.3, 0.4) is 0 Å². The summed E-state index contributed by atoms with van der Waals surface area (Å²) in [5.74, 6) is -1.20. The van der Waals surface area contributed by atoms with Crippen molar-refractivity contribution in [2.75, 3.05) is 0 Å². The van der Waals surface area contributed by atoms with Gasteiger partial charge in [-0.2, -0.15) is 0 Å². The van der Waals surface area contributed by atoms with Gasteiger partial charge in [-0.3, -0.25) is 4.79 Å². The molecule has 4 nitrogen and oxygen atoms in total. The maximum absolute atomic E-state index is 11.8. The van der Waals surface area contributed by atoms with E-state index in [2.05, 4.69) is 0 Å². The largest absolute Gasteiger partial charge is 0.477 e. The highest BCUT2D eigenvalue weighted by Crippen LogP contribution is 2.16. The number of rotatable bonds is 2. The Bertz CT molecular complexity index is 614. The number of aromatic nitrogens is 1. The zero-order valence-electron chi connectivity index (χ0n) is 9.25. The summed E-state index contributed by atoms with van der Waals surface area (Å²) in [6, 6.07) is 12.3. The molecule has 0 saturated heterocycles. The van der Waals surface area contributed by atoms with E-state index in [-0.39, 0.29) is 5.56 Å². The standard InChI is InChI=1S/C13H11NO3/c1-14-11(9-5-3-2-4-6-9)8-7-10(12(14)15)13(16)17/h2-8H,1H3,(H,16,17). The van der Waals surface area contributed by atoms with Crippen molar-refractivity contribution in [1.82, 2.24) is 4.57 Å². The molecule has 0 bridgehead atoms. The lowest BCUT2D eigenvalue weighted by molar-refractivity contribution is 0.0694. The molecule has 0 amide bonds. The Kier molecular flexibility index (Phi) is 2.78. The normalized spacial score (nSPS) is 10.2. The van der Waals surface area contributed by atoms with Gasteiger partial charge in [0.1, 0.15) is 5.56 Å². The van der Waals surface area contributed by atoms with Gasteiger partial charge < -0.3 is 9.67 Å². The topological polar surface area (TPSA) is 59.3 Å². The number of carboxylic acids is 1. The number of aromatic carboxylic acids is 1. The molecule has 0 aliphatic carbocycles. The van der Waals surface area contributed by atoms with Crippen molar-refractivity contribution in [2.45, 2.75) is 0 Å². The van der Waals surface area contributed by atoms with Crippen molar-refractivity contribution in [2.24, 2.45) is 7.05 Å². The minimum Gasteiger partial charge on any atom is -0.477 e. The monoisotopic (exact) mass is 229 g/mol. The van der Waals surface area contributed by atoms with Crippen molar-refractivity contribution in [1.29, 1.82) is 0 Å². The molecule has 0 unspecified atom stereocenters. The quantitative estimate of drug-likeness (QED) is 0.853. The van der Waals surface area contributed by atoms with Crippen LogP contribution < -0.4 is 5.56 Å². The number of carbonyl (C=O) groups is 1. The molecular formula is C13H11NO3. The van der Waals surface area contributed by atoms with Gasteiger partial charge >= 0.3 is 5.97 Å². The van der Waals surface area contributed by atoms with Gasteiger partial charge in [0.15, 0.2) is 0 Å². The number of hydrogen-bond acceptors (Lipinski definition) is 2. The van der Waals surface area contributed by atoms with Crippen molar-refractivity contribution in [3.8, 4) is 11.3 Å². The van der Waals surface area contributed by atoms with Crippen molar-refractivity contribution < 1.29 is 9.90 Å². The van der Waals surface area contributed by atoms with Crippen LogP contribution in [0.5, 0.6) is 0 Å². The maximum atomic E-state index is 11.8. The number of benzene rings is 1. The molecule has 2 aromatic rings. The van der Waals surface area contributed by atoms with Gasteiger partial charge in [-0.05, 0) is 17.7 Å². The fourth-order valence-electron chi connectivity index (χ4n) is 1.70. The van der Waals surface area contributed by atoms with Crippen LogP contribution in [0.1, 0.15) is 10.4 Å². The molecule has 0 aliphatic rings. The zero-order chi connectivity index (χ0) is 12.4. The Morgan fingerprint density at radius 2 is 1.76 bits per heavy atom. The first kappa shape index (κ1) is 11.1. The molecular weight excluding hydrogens is 218 g/mol. The fraction of sp³-hybridized carbons (Fsp3) is 0.0769. The van der Waals surface area contributed by atoms with E-state index in [1.807, 2.05) is 30.3 Å². The predicted molar refractivity (Wildman–Crippen MR) is 64.1 cm³/mol. The summed E-state index contributed by atoms with van der Waals surface area (Å²) in [4.78, 5) is 22.6. The molecule has 17 heavy (non-hydrogen) atoms. The second-order valence-electron chi connectivity index (χ2n) is 3.67. The minimum atomic E-state index is -1.20. The van der Waals surface area contributed by atoms with Crippen LogP contribution in [-0.2, 0) is 7.05 Å². The number of nitrogens with zero attached hydrogens (tertiary/aromatic N) is 1.